The average molecular weight is 467 g/mol. The van der Waals surface area contributed by atoms with Gasteiger partial charge in [-0.2, -0.15) is 9.03 Å². The van der Waals surface area contributed by atoms with Crippen molar-refractivity contribution < 1.29 is 21.6 Å². The number of nitrogens with zero attached hydrogens (tertiary/aromatic N) is 2. The summed E-state index contributed by atoms with van der Waals surface area (Å²) in [7, 11) is -5.61. The van der Waals surface area contributed by atoms with Gasteiger partial charge in [0.05, 0.1) is 15.8 Å². The molecule has 1 heterocycles. The molecular formula is C20H26N4O5S2. The van der Waals surface area contributed by atoms with Gasteiger partial charge in [-0.15, -0.1) is 0 Å². The molecule has 1 amide bonds. The van der Waals surface area contributed by atoms with Crippen LogP contribution in [0.3, 0.4) is 0 Å². The number of piperazine rings is 1. The number of anilines is 1. The van der Waals surface area contributed by atoms with Crippen LogP contribution in [0.15, 0.2) is 64.4 Å². The number of sulfonamides is 2. The first kappa shape index (κ1) is 23.4. The minimum absolute atomic E-state index is 0.0508. The minimum Gasteiger partial charge on any atom is -0.325 e. The normalized spacial score (nSPS) is 17.2. The molecule has 2 N–H and O–H groups in total. The van der Waals surface area contributed by atoms with Gasteiger partial charge >= 0.3 is 0 Å². The molecule has 2 aromatic rings. The predicted octanol–water partition coefficient (Wildman–Crippen LogP) is 0.928. The van der Waals surface area contributed by atoms with Crippen LogP contribution in [-0.4, -0.2) is 71.2 Å². The molecule has 9 nitrogen and oxygen atoms in total. The van der Waals surface area contributed by atoms with Crippen LogP contribution in [0.2, 0.25) is 0 Å². The number of likely N-dealkylation sites (N-methyl/N-ethyl adjacent to an activating group) is 1. The molecule has 11 heteroatoms. The molecule has 0 saturated carbocycles. The van der Waals surface area contributed by atoms with E-state index in [4.69, 9.17) is 0 Å². The Morgan fingerprint density at radius 1 is 0.903 bits per heavy atom. The van der Waals surface area contributed by atoms with Crippen molar-refractivity contribution in [2.24, 2.45) is 0 Å². The predicted molar refractivity (Wildman–Crippen MR) is 118 cm³/mol. The van der Waals surface area contributed by atoms with Crippen molar-refractivity contribution in [3.63, 3.8) is 0 Å². The van der Waals surface area contributed by atoms with Gasteiger partial charge in [-0.1, -0.05) is 24.3 Å². The van der Waals surface area contributed by atoms with E-state index in [1.165, 1.54) is 41.6 Å². The van der Waals surface area contributed by atoms with E-state index in [2.05, 4.69) is 14.9 Å². The topological polar surface area (TPSA) is 116 Å². The molecule has 0 radical (unpaired) electrons. The zero-order valence-electron chi connectivity index (χ0n) is 17.4. The first-order valence-electron chi connectivity index (χ1n) is 9.76. The van der Waals surface area contributed by atoms with E-state index in [9.17, 15) is 21.6 Å². The molecule has 3 rings (SSSR count). The summed E-state index contributed by atoms with van der Waals surface area (Å²) in [5.41, 5.74) is 0.269. The third-order valence-electron chi connectivity index (χ3n) is 4.98. The largest absolute Gasteiger partial charge is 0.325 e. The smallest absolute Gasteiger partial charge is 0.243 e. The summed E-state index contributed by atoms with van der Waals surface area (Å²) in [5, 5.41) is 2.58. The molecule has 0 spiro atoms. The molecule has 31 heavy (non-hydrogen) atoms. The van der Waals surface area contributed by atoms with Crippen molar-refractivity contribution in [2.45, 2.75) is 22.8 Å². The highest BCUT2D eigenvalue weighted by molar-refractivity contribution is 7.89. The molecule has 1 aliphatic heterocycles. The summed E-state index contributed by atoms with van der Waals surface area (Å²) in [6, 6.07) is 12.6. The number of amides is 1. The number of hydrogen-bond acceptors (Lipinski definition) is 6. The molecule has 1 fully saturated rings. The van der Waals surface area contributed by atoms with Gasteiger partial charge in [-0.3, -0.25) is 4.79 Å². The van der Waals surface area contributed by atoms with Crippen LogP contribution in [0.1, 0.15) is 6.92 Å². The molecule has 1 atom stereocenters. The first-order chi connectivity index (χ1) is 14.6. The van der Waals surface area contributed by atoms with Gasteiger partial charge in [-0.05, 0) is 44.3 Å². The van der Waals surface area contributed by atoms with Crippen LogP contribution in [0.5, 0.6) is 0 Å². The van der Waals surface area contributed by atoms with Crippen LogP contribution in [-0.2, 0) is 24.8 Å². The summed E-state index contributed by atoms with van der Waals surface area (Å²) >= 11 is 0. The van der Waals surface area contributed by atoms with E-state index in [-0.39, 0.29) is 15.5 Å². The van der Waals surface area contributed by atoms with Crippen molar-refractivity contribution in [2.75, 3.05) is 38.5 Å². The second-order valence-corrected chi connectivity index (χ2v) is 11.0. The van der Waals surface area contributed by atoms with Gasteiger partial charge in [0.2, 0.25) is 26.0 Å². The number of carbonyl (C=O) groups is 1. The summed E-state index contributed by atoms with van der Waals surface area (Å²) in [6.45, 7) is 3.51. The lowest BCUT2D eigenvalue weighted by Gasteiger charge is -2.31. The number of rotatable bonds is 7. The zero-order chi connectivity index (χ0) is 22.6. The fourth-order valence-electron chi connectivity index (χ4n) is 3.12. The van der Waals surface area contributed by atoms with Gasteiger partial charge < -0.3 is 10.2 Å². The quantitative estimate of drug-likeness (QED) is 0.627. The van der Waals surface area contributed by atoms with Crippen LogP contribution in [0.25, 0.3) is 0 Å². The third-order valence-corrected chi connectivity index (χ3v) is 8.43. The van der Waals surface area contributed by atoms with Crippen LogP contribution < -0.4 is 10.0 Å². The fourth-order valence-corrected chi connectivity index (χ4v) is 5.81. The van der Waals surface area contributed by atoms with E-state index < -0.39 is 32.0 Å². The highest BCUT2D eigenvalue weighted by Gasteiger charge is 2.28. The van der Waals surface area contributed by atoms with E-state index >= 15 is 0 Å². The Balaban J connectivity index is 1.69. The van der Waals surface area contributed by atoms with Gasteiger partial charge in [0.25, 0.3) is 0 Å². The number of benzene rings is 2. The van der Waals surface area contributed by atoms with Crippen LogP contribution in [0.4, 0.5) is 5.69 Å². The Bertz CT molecular complexity index is 1130. The Hall–Kier alpha value is -2.31. The number of hydrogen-bond donors (Lipinski definition) is 2. The lowest BCUT2D eigenvalue weighted by Crippen LogP contribution is -2.47. The fraction of sp³-hybridized carbons (Fsp3) is 0.350. The molecule has 0 aromatic heterocycles. The summed E-state index contributed by atoms with van der Waals surface area (Å²) in [4.78, 5) is 14.7. The number of carbonyl (C=O) groups excluding carboxylic acids is 1. The molecule has 0 unspecified atom stereocenters. The van der Waals surface area contributed by atoms with Crippen LogP contribution in [0, 0.1) is 0 Å². The number of nitrogens with one attached hydrogen (secondary N) is 2. The maximum absolute atomic E-state index is 12.9. The third kappa shape index (κ3) is 5.69. The van der Waals surface area contributed by atoms with E-state index in [1.807, 2.05) is 7.05 Å². The average Bonchev–Trinajstić information content (AvgIpc) is 2.74. The maximum atomic E-state index is 12.9. The lowest BCUT2D eigenvalue weighted by molar-refractivity contribution is -0.117. The monoisotopic (exact) mass is 466 g/mol. The van der Waals surface area contributed by atoms with Gasteiger partial charge in [0.1, 0.15) is 0 Å². The molecular weight excluding hydrogens is 440 g/mol. The Morgan fingerprint density at radius 3 is 2.16 bits per heavy atom. The van der Waals surface area contributed by atoms with Crippen molar-refractivity contribution in [1.29, 1.82) is 0 Å². The van der Waals surface area contributed by atoms with Gasteiger partial charge in [-0.25, -0.2) is 16.8 Å². The SMILES string of the molecule is C[C@H](NS(=O)(=O)c1ccccc1)C(=O)Nc1cccc(S(=O)(=O)N2CCN(C)CC2)c1. The first-order valence-corrected chi connectivity index (χ1v) is 12.7. The van der Waals surface area contributed by atoms with Crippen molar-refractivity contribution in [3.8, 4) is 0 Å². The minimum atomic E-state index is -3.86. The Labute approximate surface area is 183 Å². The van der Waals surface area contributed by atoms with Gasteiger partial charge in [0, 0.05) is 31.9 Å². The summed E-state index contributed by atoms with van der Waals surface area (Å²) in [5.74, 6) is -0.603. The molecule has 168 valence electrons. The standard InChI is InChI=1S/C20H26N4O5S2/c1-16(22-30(26,27)18-8-4-3-5-9-18)20(25)21-17-7-6-10-19(15-17)31(28,29)24-13-11-23(2)12-14-24/h3-10,15-16,22H,11-14H2,1-2H3,(H,21,25)/t16-/m0/s1. The summed E-state index contributed by atoms with van der Waals surface area (Å²) in [6.07, 6.45) is 0. The van der Waals surface area contributed by atoms with Crippen LogP contribution >= 0.6 is 0 Å². The Morgan fingerprint density at radius 2 is 1.52 bits per heavy atom. The van der Waals surface area contributed by atoms with Crippen molar-refractivity contribution >= 4 is 31.6 Å². The van der Waals surface area contributed by atoms with E-state index in [1.54, 1.807) is 24.3 Å². The molecule has 2 aromatic carbocycles. The van der Waals surface area contributed by atoms with E-state index in [0.717, 1.165) is 0 Å². The van der Waals surface area contributed by atoms with Crippen molar-refractivity contribution in [3.05, 3.63) is 54.6 Å². The van der Waals surface area contributed by atoms with E-state index in [0.29, 0.717) is 26.2 Å². The maximum Gasteiger partial charge on any atom is 0.243 e. The second kappa shape index (κ2) is 9.45. The highest BCUT2D eigenvalue weighted by Crippen LogP contribution is 2.21. The van der Waals surface area contributed by atoms with Gasteiger partial charge in [0.15, 0.2) is 0 Å². The molecule has 1 saturated heterocycles. The highest BCUT2D eigenvalue weighted by atomic mass is 32.2. The Kier molecular flexibility index (Phi) is 7.12. The molecule has 1 aliphatic rings. The summed E-state index contributed by atoms with van der Waals surface area (Å²) < 4.78 is 54.4. The molecule has 0 aliphatic carbocycles. The zero-order valence-corrected chi connectivity index (χ0v) is 19.0. The van der Waals surface area contributed by atoms with Crippen molar-refractivity contribution in [1.82, 2.24) is 13.9 Å². The molecule has 0 bridgehead atoms. The second-order valence-electron chi connectivity index (χ2n) is 7.38. The lowest BCUT2D eigenvalue weighted by atomic mass is 10.3.